The van der Waals surface area contributed by atoms with E-state index in [-0.39, 0.29) is 12.6 Å². The van der Waals surface area contributed by atoms with Gasteiger partial charge in [0.15, 0.2) is 0 Å². The molecule has 1 aromatic heterocycles. The van der Waals surface area contributed by atoms with E-state index in [9.17, 15) is 5.11 Å². The molecule has 1 aliphatic rings. The number of hydrogen-bond donors (Lipinski definition) is 1. The monoisotopic (exact) mass is 227 g/mol. The van der Waals surface area contributed by atoms with E-state index in [4.69, 9.17) is 11.6 Å². The maximum absolute atomic E-state index is 9.19. The number of rotatable bonds is 2. The van der Waals surface area contributed by atoms with Gasteiger partial charge in [-0.2, -0.15) is 0 Å². The number of aromatic nitrogens is 2. The van der Waals surface area contributed by atoms with Crippen LogP contribution in [0.1, 0.15) is 18.4 Å². The van der Waals surface area contributed by atoms with E-state index < -0.39 is 0 Å². The fraction of sp³-hybridized carbons (Fsp3) is 0.600. The van der Waals surface area contributed by atoms with E-state index in [1.807, 2.05) is 11.8 Å². The molecule has 0 spiro atoms. The van der Waals surface area contributed by atoms with Crippen LogP contribution in [-0.2, 0) is 0 Å². The molecule has 0 aliphatic carbocycles. The minimum atomic E-state index is 0.142. The summed E-state index contributed by atoms with van der Waals surface area (Å²) in [5.74, 6) is 0.627. The maximum Gasteiger partial charge on any atom is 0.227 e. The number of halogens is 1. The molecule has 1 saturated heterocycles. The SMILES string of the molecule is Cc1cnc(N2CCCC2CO)nc1Cl. The van der Waals surface area contributed by atoms with Gasteiger partial charge in [-0.3, -0.25) is 0 Å². The minimum Gasteiger partial charge on any atom is -0.394 e. The zero-order valence-corrected chi connectivity index (χ0v) is 9.41. The lowest BCUT2D eigenvalue weighted by Crippen LogP contribution is -2.33. The van der Waals surface area contributed by atoms with Gasteiger partial charge in [0.25, 0.3) is 0 Å². The highest BCUT2D eigenvalue weighted by Gasteiger charge is 2.26. The van der Waals surface area contributed by atoms with E-state index in [0.29, 0.717) is 11.1 Å². The number of aryl methyl sites for hydroxylation is 1. The summed E-state index contributed by atoms with van der Waals surface area (Å²) in [6.45, 7) is 2.92. The van der Waals surface area contributed by atoms with Crippen LogP contribution in [0.15, 0.2) is 6.20 Å². The molecule has 0 aromatic carbocycles. The molecule has 1 fully saturated rings. The summed E-state index contributed by atoms with van der Waals surface area (Å²) in [4.78, 5) is 10.5. The fourth-order valence-electron chi connectivity index (χ4n) is 1.84. The van der Waals surface area contributed by atoms with Crippen LogP contribution in [-0.4, -0.2) is 34.3 Å². The third kappa shape index (κ3) is 2.06. The predicted molar refractivity (Wildman–Crippen MR) is 59.2 cm³/mol. The van der Waals surface area contributed by atoms with Crippen LogP contribution in [0.4, 0.5) is 5.95 Å². The summed E-state index contributed by atoms with van der Waals surface area (Å²) in [7, 11) is 0. The molecule has 0 amide bonds. The van der Waals surface area contributed by atoms with Gasteiger partial charge in [-0.05, 0) is 19.8 Å². The highest BCUT2D eigenvalue weighted by Crippen LogP contribution is 2.23. The van der Waals surface area contributed by atoms with Crippen molar-refractivity contribution in [3.8, 4) is 0 Å². The highest BCUT2D eigenvalue weighted by molar-refractivity contribution is 6.30. The van der Waals surface area contributed by atoms with Crippen molar-refractivity contribution < 1.29 is 5.11 Å². The minimum absolute atomic E-state index is 0.142. The van der Waals surface area contributed by atoms with Gasteiger partial charge in [-0.25, -0.2) is 9.97 Å². The third-order valence-electron chi connectivity index (χ3n) is 2.74. The smallest absolute Gasteiger partial charge is 0.227 e. The number of aliphatic hydroxyl groups is 1. The summed E-state index contributed by atoms with van der Waals surface area (Å²) in [5.41, 5.74) is 0.875. The number of nitrogens with zero attached hydrogens (tertiary/aromatic N) is 3. The summed E-state index contributed by atoms with van der Waals surface area (Å²) in [6, 6.07) is 0.142. The van der Waals surface area contributed by atoms with Crippen molar-refractivity contribution in [2.75, 3.05) is 18.1 Å². The van der Waals surface area contributed by atoms with E-state index in [0.717, 1.165) is 24.9 Å². The average molecular weight is 228 g/mol. The molecular formula is C10H14ClN3O. The molecule has 0 saturated carbocycles. The first-order valence-electron chi connectivity index (χ1n) is 5.09. The summed E-state index contributed by atoms with van der Waals surface area (Å²) in [5, 5.41) is 9.68. The number of hydrogen-bond acceptors (Lipinski definition) is 4. The lowest BCUT2D eigenvalue weighted by atomic mass is 10.2. The summed E-state index contributed by atoms with van der Waals surface area (Å²) in [6.07, 6.45) is 3.78. The van der Waals surface area contributed by atoms with Crippen LogP contribution in [0.25, 0.3) is 0 Å². The van der Waals surface area contributed by atoms with Gasteiger partial charge >= 0.3 is 0 Å². The van der Waals surface area contributed by atoms with Gasteiger partial charge in [-0.15, -0.1) is 0 Å². The molecule has 0 bridgehead atoms. The van der Waals surface area contributed by atoms with Crippen molar-refractivity contribution in [1.29, 1.82) is 0 Å². The standard InChI is InChI=1S/C10H14ClN3O/c1-7-5-12-10(13-9(7)11)14-4-2-3-8(14)6-15/h5,8,15H,2-4,6H2,1H3. The van der Waals surface area contributed by atoms with Crippen LogP contribution < -0.4 is 4.90 Å². The Balaban J connectivity index is 2.25. The van der Waals surface area contributed by atoms with Gasteiger partial charge in [0.05, 0.1) is 12.6 Å². The van der Waals surface area contributed by atoms with Crippen molar-refractivity contribution in [3.63, 3.8) is 0 Å². The Morgan fingerprint density at radius 1 is 1.67 bits per heavy atom. The second-order valence-corrected chi connectivity index (χ2v) is 4.17. The van der Waals surface area contributed by atoms with Crippen molar-refractivity contribution in [3.05, 3.63) is 16.9 Å². The van der Waals surface area contributed by atoms with Crippen LogP contribution in [0, 0.1) is 6.92 Å². The zero-order chi connectivity index (χ0) is 10.8. The summed E-state index contributed by atoms with van der Waals surface area (Å²) >= 11 is 5.94. The second-order valence-electron chi connectivity index (χ2n) is 3.82. The van der Waals surface area contributed by atoms with E-state index in [2.05, 4.69) is 9.97 Å². The molecule has 15 heavy (non-hydrogen) atoms. The van der Waals surface area contributed by atoms with Crippen LogP contribution in [0.2, 0.25) is 5.15 Å². The first kappa shape index (κ1) is 10.6. The third-order valence-corrected chi connectivity index (χ3v) is 3.12. The largest absolute Gasteiger partial charge is 0.394 e. The van der Waals surface area contributed by atoms with Crippen molar-refractivity contribution in [2.24, 2.45) is 0 Å². The average Bonchev–Trinajstić information content (AvgIpc) is 2.70. The van der Waals surface area contributed by atoms with Crippen LogP contribution >= 0.6 is 11.6 Å². The zero-order valence-electron chi connectivity index (χ0n) is 8.65. The quantitative estimate of drug-likeness (QED) is 0.776. The van der Waals surface area contributed by atoms with Crippen LogP contribution in [0.3, 0.4) is 0 Å². The molecule has 5 heteroatoms. The Bertz CT molecular complexity index is 359. The number of anilines is 1. The van der Waals surface area contributed by atoms with Crippen molar-refractivity contribution in [1.82, 2.24) is 9.97 Å². The molecule has 1 N–H and O–H groups in total. The van der Waals surface area contributed by atoms with Crippen LogP contribution in [0.5, 0.6) is 0 Å². The molecular weight excluding hydrogens is 214 g/mol. The summed E-state index contributed by atoms with van der Waals surface area (Å²) < 4.78 is 0. The lowest BCUT2D eigenvalue weighted by Gasteiger charge is -2.22. The van der Waals surface area contributed by atoms with Gasteiger partial charge in [0.2, 0.25) is 5.95 Å². The van der Waals surface area contributed by atoms with Gasteiger partial charge in [0.1, 0.15) is 5.15 Å². The highest BCUT2D eigenvalue weighted by atomic mass is 35.5. The Kier molecular flexibility index (Phi) is 3.07. The van der Waals surface area contributed by atoms with Gasteiger partial charge < -0.3 is 10.0 Å². The van der Waals surface area contributed by atoms with E-state index >= 15 is 0 Å². The molecule has 1 aliphatic heterocycles. The Morgan fingerprint density at radius 3 is 3.13 bits per heavy atom. The second kappa shape index (κ2) is 4.33. The molecule has 2 rings (SSSR count). The van der Waals surface area contributed by atoms with Gasteiger partial charge in [0, 0.05) is 18.3 Å². The first-order valence-corrected chi connectivity index (χ1v) is 5.47. The Hall–Kier alpha value is -0.870. The molecule has 0 radical (unpaired) electrons. The number of aliphatic hydroxyl groups excluding tert-OH is 1. The first-order chi connectivity index (χ1) is 7.22. The molecule has 2 heterocycles. The maximum atomic E-state index is 9.19. The molecule has 1 aromatic rings. The predicted octanol–water partition coefficient (Wildman–Crippen LogP) is 1.40. The lowest BCUT2D eigenvalue weighted by molar-refractivity contribution is 0.265. The van der Waals surface area contributed by atoms with Crippen molar-refractivity contribution >= 4 is 17.5 Å². The van der Waals surface area contributed by atoms with Gasteiger partial charge in [-0.1, -0.05) is 11.6 Å². The molecule has 1 unspecified atom stereocenters. The topological polar surface area (TPSA) is 49.2 Å². The van der Waals surface area contributed by atoms with Crippen molar-refractivity contribution in [2.45, 2.75) is 25.8 Å². The van der Waals surface area contributed by atoms with E-state index in [1.54, 1.807) is 6.20 Å². The Morgan fingerprint density at radius 2 is 2.47 bits per heavy atom. The van der Waals surface area contributed by atoms with E-state index in [1.165, 1.54) is 0 Å². The molecule has 4 nitrogen and oxygen atoms in total. The normalized spacial score (nSPS) is 21.0. The molecule has 1 atom stereocenters. The Labute approximate surface area is 93.9 Å². The molecule has 82 valence electrons. The fourth-order valence-corrected chi connectivity index (χ4v) is 1.96.